The van der Waals surface area contributed by atoms with E-state index in [0.717, 1.165) is 0 Å². The second-order valence-electron chi connectivity index (χ2n) is 2.38. The zero-order chi connectivity index (χ0) is 9.02. The molecule has 0 radical (unpaired) electrons. The molecule has 0 aromatic carbocycles. The van der Waals surface area contributed by atoms with Gasteiger partial charge in [0.1, 0.15) is 18.3 Å². The van der Waals surface area contributed by atoms with Crippen molar-refractivity contribution in [3.63, 3.8) is 0 Å². The third-order valence-corrected chi connectivity index (χ3v) is 1.36. The Morgan fingerprint density at radius 1 is 1.09 bits per heavy atom. The predicted octanol–water partition coefficient (Wildman–Crippen LogP) is -1.90. The highest BCUT2D eigenvalue weighted by atomic mass is 16.4. The van der Waals surface area contributed by atoms with Gasteiger partial charge in [-0.2, -0.15) is 0 Å². The Kier molecular flexibility index (Phi) is 4.20. The van der Waals surface area contributed by atoms with E-state index in [0.29, 0.717) is 6.21 Å². The quantitative estimate of drug-likeness (QED) is 0.312. The van der Waals surface area contributed by atoms with E-state index in [-0.39, 0.29) is 0 Å². The van der Waals surface area contributed by atoms with Crippen LogP contribution in [0.1, 0.15) is 6.92 Å². The smallest absolute Gasteiger partial charge is 0.117 e. The van der Waals surface area contributed by atoms with Gasteiger partial charge in [-0.1, -0.05) is 0 Å². The summed E-state index contributed by atoms with van der Waals surface area (Å²) >= 11 is 0. The number of aliphatic hydroxyl groups excluding tert-OH is 4. The number of hydrogen-bond acceptors (Lipinski definition) is 5. The molecule has 0 spiro atoms. The number of aliphatic hydroxyl groups is 4. The lowest BCUT2D eigenvalue weighted by Crippen LogP contribution is -2.43. The highest BCUT2D eigenvalue weighted by molar-refractivity contribution is 5.59. The van der Waals surface area contributed by atoms with Crippen molar-refractivity contribution >= 4 is 6.21 Å². The molecule has 11 heavy (non-hydrogen) atoms. The molecule has 0 saturated carbocycles. The van der Waals surface area contributed by atoms with Gasteiger partial charge in [-0.3, -0.25) is 0 Å². The van der Waals surface area contributed by atoms with Gasteiger partial charge in [-0.15, -0.1) is 0 Å². The summed E-state index contributed by atoms with van der Waals surface area (Å²) in [5.41, 5.74) is 0. The van der Waals surface area contributed by atoms with Gasteiger partial charge < -0.3 is 25.8 Å². The van der Waals surface area contributed by atoms with Crippen molar-refractivity contribution in [3.8, 4) is 0 Å². The molecule has 5 nitrogen and oxygen atoms in total. The number of hydrogen-bond donors (Lipinski definition) is 5. The summed E-state index contributed by atoms with van der Waals surface area (Å²) < 4.78 is 0. The van der Waals surface area contributed by atoms with E-state index in [1.54, 1.807) is 0 Å². The van der Waals surface area contributed by atoms with Crippen LogP contribution in [0.4, 0.5) is 0 Å². The van der Waals surface area contributed by atoms with E-state index in [1.807, 2.05) is 0 Å². The Morgan fingerprint density at radius 2 is 1.55 bits per heavy atom. The van der Waals surface area contributed by atoms with Gasteiger partial charge in [0.05, 0.1) is 6.10 Å². The molecule has 0 rings (SSSR count). The molecule has 0 amide bonds. The van der Waals surface area contributed by atoms with Crippen LogP contribution in [-0.2, 0) is 0 Å². The molecule has 5 N–H and O–H groups in total. The molecule has 0 heterocycles. The van der Waals surface area contributed by atoms with Crippen molar-refractivity contribution < 1.29 is 20.4 Å². The van der Waals surface area contributed by atoms with E-state index >= 15 is 0 Å². The fourth-order valence-electron chi connectivity index (χ4n) is 0.586. The molecule has 4 atom stereocenters. The van der Waals surface area contributed by atoms with Crippen LogP contribution in [0.2, 0.25) is 0 Å². The molecule has 0 fully saturated rings. The van der Waals surface area contributed by atoms with Crippen LogP contribution >= 0.6 is 0 Å². The van der Waals surface area contributed by atoms with Crippen LogP contribution < -0.4 is 0 Å². The molecule has 0 bridgehead atoms. The summed E-state index contributed by atoms with van der Waals surface area (Å²) in [6, 6.07) is 0. The normalized spacial score (nSPS) is 21.9. The van der Waals surface area contributed by atoms with Gasteiger partial charge in [0, 0.05) is 6.21 Å². The molecule has 0 saturated heterocycles. The largest absolute Gasteiger partial charge is 0.391 e. The minimum Gasteiger partial charge on any atom is -0.391 e. The number of nitrogens with one attached hydrogen (secondary N) is 1. The van der Waals surface area contributed by atoms with E-state index in [4.69, 9.17) is 25.8 Å². The Morgan fingerprint density at radius 3 is 1.82 bits per heavy atom. The maximum Gasteiger partial charge on any atom is 0.117 e. The lowest BCUT2D eigenvalue weighted by atomic mass is 10.1. The molecule has 0 unspecified atom stereocenters. The first-order chi connectivity index (χ1) is 5.00. The second kappa shape index (κ2) is 4.40. The van der Waals surface area contributed by atoms with Crippen LogP contribution in [0.15, 0.2) is 0 Å². The van der Waals surface area contributed by atoms with E-state index < -0.39 is 24.4 Å². The van der Waals surface area contributed by atoms with Crippen LogP contribution in [0.5, 0.6) is 0 Å². The first kappa shape index (κ1) is 10.5. The first-order valence-corrected chi connectivity index (χ1v) is 3.23. The van der Waals surface area contributed by atoms with Crippen LogP contribution in [0, 0.1) is 5.41 Å². The maximum absolute atomic E-state index is 8.95. The minimum absolute atomic E-state index is 0.594. The molecule has 0 aliphatic heterocycles. The van der Waals surface area contributed by atoms with Gasteiger partial charge in [0.15, 0.2) is 0 Å². The highest BCUT2D eigenvalue weighted by Crippen LogP contribution is 2.02. The van der Waals surface area contributed by atoms with E-state index in [2.05, 4.69) is 0 Å². The summed E-state index contributed by atoms with van der Waals surface area (Å²) in [6.07, 6.45) is -4.89. The fourth-order valence-corrected chi connectivity index (χ4v) is 0.586. The van der Waals surface area contributed by atoms with Crippen LogP contribution in [0.3, 0.4) is 0 Å². The lowest BCUT2D eigenvalue weighted by molar-refractivity contribution is -0.0821. The molecule has 5 heteroatoms. The summed E-state index contributed by atoms with van der Waals surface area (Å²) in [5, 5.41) is 41.9. The average molecular weight is 163 g/mol. The van der Waals surface area contributed by atoms with Crippen molar-refractivity contribution in [1.82, 2.24) is 0 Å². The topological polar surface area (TPSA) is 105 Å². The molecular weight excluding hydrogens is 150 g/mol. The first-order valence-electron chi connectivity index (χ1n) is 3.23. The zero-order valence-corrected chi connectivity index (χ0v) is 6.18. The second-order valence-corrected chi connectivity index (χ2v) is 2.38. The third kappa shape index (κ3) is 2.94. The molecule has 0 aliphatic rings. The van der Waals surface area contributed by atoms with Crippen LogP contribution in [-0.4, -0.2) is 51.1 Å². The van der Waals surface area contributed by atoms with Gasteiger partial charge in [-0.05, 0) is 6.92 Å². The van der Waals surface area contributed by atoms with Crippen LogP contribution in [0.25, 0.3) is 0 Å². The lowest BCUT2D eigenvalue weighted by Gasteiger charge is -2.21. The Labute approximate surface area is 64.4 Å². The summed E-state index contributed by atoms with van der Waals surface area (Å²) in [4.78, 5) is 0. The summed E-state index contributed by atoms with van der Waals surface area (Å²) in [7, 11) is 0. The van der Waals surface area contributed by atoms with Crippen molar-refractivity contribution in [2.75, 3.05) is 0 Å². The van der Waals surface area contributed by atoms with Gasteiger partial charge >= 0.3 is 0 Å². The maximum atomic E-state index is 8.95. The Balaban J connectivity index is 4.00. The van der Waals surface area contributed by atoms with Crippen molar-refractivity contribution in [3.05, 3.63) is 0 Å². The third-order valence-electron chi connectivity index (χ3n) is 1.36. The Hall–Kier alpha value is -0.490. The molecular formula is C6H13NO4. The molecule has 0 aliphatic carbocycles. The molecule has 66 valence electrons. The summed E-state index contributed by atoms with van der Waals surface area (Å²) in [6.45, 7) is 1.28. The summed E-state index contributed by atoms with van der Waals surface area (Å²) in [5.74, 6) is 0. The highest BCUT2D eigenvalue weighted by Gasteiger charge is 2.26. The van der Waals surface area contributed by atoms with Gasteiger partial charge in [0.25, 0.3) is 0 Å². The van der Waals surface area contributed by atoms with E-state index in [9.17, 15) is 0 Å². The molecule has 0 aromatic heterocycles. The monoisotopic (exact) mass is 163 g/mol. The SMILES string of the molecule is C[C@@H](O)[C@@H](O)[C@H](O)[C@H](O)C=N. The van der Waals surface area contributed by atoms with Crippen molar-refractivity contribution in [2.45, 2.75) is 31.3 Å². The zero-order valence-electron chi connectivity index (χ0n) is 6.18. The molecule has 0 aromatic rings. The van der Waals surface area contributed by atoms with Gasteiger partial charge in [-0.25, -0.2) is 0 Å². The van der Waals surface area contributed by atoms with Crippen molar-refractivity contribution in [1.29, 1.82) is 5.41 Å². The number of rotatable bonds is 4. The standard InChI is InChI=1S/C6H13NO4/c1-3(8)5(10)6(11)4(9)2-7/h2-11H,1H3/t3-,4-,5-,6-/m1/s1. The van der Waals surface area contributed by atoms with E-state index in [1.165, 1.54) is 6.92 Å². The fraction of sp³-hybridized carbons (Fsp3) is 0.833. The van der Waals surface area contributed by atoms with Crippen molar-refractivity contribution in [2.24, 2.45) is 0 Å². The van der Waals surface area contributed by atoms with Gasteiger partial charge in [0.2, 0.25) is 0 Å². The Bertz CT molecular complexity index is 128. The average Bonchev–Trinajstić information content (AvgIpc) is 2.00. The predicted molar refractivity (Wildman–Crippen MR) is 38.5 cm³/mol. The minimum atomic E-state index is -1.51.